The zero-order valence-corrected chi connectivity index (χ0v) is 14.5. The summed E-state index contributed by atoms with van der Waals surface area (Å²) < 4.78 is 11.4. The number of rotatable bonds is 6. The second-order valence-corrected chi connectivity index (χ2v) is 6.86. The van der Waals surface area contributed by atoms with Crippen LogP contribution in [0.2, 0.25) is 0 Å². The number of carbonyl (C=O) groups excluding carboxylic acids is 1. The van der Waals surface area contributed by atoms with Crippen molar-refractivity contribution in [2.75, 3.05) is 13.2 Å². The number of amides is 2. The predicted molar refractivity (Wildman–Crippen MR) is 94.4 cm³/mol. The second-order valence-electron chi connectivity index (χ2n) is 5.83. The van der Waals surface area contributed by atoms with E-state index in [2.05, 4.69) is 10.6 Å². The lowest BCUT2D eigenvalue weighted by atomic mass is 10.1. The maximum atomic E-state index is 12.0. The topological polar surface area (TPSA) is 59.6 Å². The average Bonchev–Trinajstić information content (AvgIpc) is 3.26. The Balaban J connectivity index is 1.54. The highest BCUT2D eigenvalue weighted by Gasteiger charge is 2.18. The zero-order valence-electron chi connectivity index (χ0n) is 13.7. The van der Waals surface area contributed by atoms with E-state index >= 15 is 0 Å². The molecule has 0 bridgehead atoms. The first kappa shape index (κ1) is 16.8. The molecule has 3 rings (SSSR count). The fourth-order valence-corrected chi connectivity index (χ4v) is 3.17. The van der Waals surface area contributed by atoms with E-state index in [1.54, 1.807) is 11.3 Å². The molecule has 0 spiro atoms. The highest BCUT2D eigenvalue weighted by atomic mass is 32.1. The Morgan fingerprint density at radius 1 is 1.33 bits per heavy atom. The molecule has 1 saturated heterocycles. The molecule has 1 aliphatic heterocycles. The van der Waals surface area contributed by atoms with Gasteiger partial charge in [-0.25, -0.2) is 4.79 Å². The molecule has 6 heteroatoms. The normalized spacial score (nSPS) is 16.8. The molecule has 1 aromatic carbocycles. The van der Waals surface area contributed by atoms with Gasteiger partial charge in [-0.1, -0.05) is 18.2 Å². The van der Waals surface area contributed by atoms with Gasteiger partial charge in [0.1, 0.15) is 11.9 Å². The molecule has 1 atom stereocenters. The second kappa shape index (κ2) is 8.17. The molecular weight excluding hydrogens is 324 g/mol. The lowest BCUT2D eigenvalue weighted by Gasteiger charge is -2.17. The van der Waals surface area contributed by atoms with E-state index in [9.17, 15) is 4.79 Å². The predicted octanol–water partition coefficient (Wildman–Crippen LogP) is 3.22. The molecule has 1 fully saturated rings. The standard InChI is InChI=1S/C18H22N2O3S/c1-13-4-5-14(17(9-13)23-15-6-7-22-12-15)10-19-18(21)20-11-16-3-2-8-24-16/h2-5,8-9,15H,6-7,10-12H2,1H3,(H2,19,20,21). The molecule has 2 amide bonds. The van der Waals surface area contributed by atoms with Crippen molar-refractivity contribution < 1.29 is 14.3 Å². The number of benzene rings is 1. The van der Waals surface area contributed by atoms with E-state index < -0.39 is 0 Å². The van der Waals surface area contributed by atoms with Gasteiger partial charge >= 0.3 is 6.03 Å². The third kappa shape index (κ3) is 4.72. The Hall–Kier alpha value is -2.05. The minimum absolute atomic E-state index is 0.0956. The van der Waals surface area contributed by atoms with E-state index in [1.165, 1.54) is 0 Å². The molecule has 2 N–H and O–H groups in total. The van der Waals surface area contributed by atoms with Gasteiger partial charge in [-0.3, -0.25) is 0 Å². The maximum Gasteiger partial charge on any atom is 0.315 e. The Morgan fingerprint density at radius 3 is 2.96 bits per heavy atom. The lowest BCUT2D eigenvalue weighted by Crippen LogP contribution is -2.34. The van der Waals surface area contributed by atoms with Crippen molar-refractivity contribution in [2.45, 2.75) is 32.5 Å². The monoisotopic (exact) mass is 346 g/mol. The van der Waals surface area contributed by atoms with Crippen LogP contribution < -0.4 is 15.4 Å². The number of urea groups is 1. The third-order valence-corrected chi connectivity index (χ3v) is 4.72. The van der Waals surface area contributed by atoms with Crippen molar-refractivity contribution in [3.63, 3.8) is 0 Å². The maximum absolute atomic E-state index is 12.0. The molecule has 1 aliphatic rings. The van der Waals surface area contributed by atoms with Gasteiger partial charge in [-0.15, -0.1) is 11.3 Å². The Labute approximate surface area is 146 Å². The number of hydrogen-bond donors (Lipinski definition) is 2. The summed E-state index contributed by atoms with van der Waals surface area (Å²) in [5.74, 6) is 0.823. The molecule has 24 heavy (non-hydrogen) atoms. The van der Waals surface area contributed by atoms with Gasteiger partial charge in [0.05, 0.1) is 19.8 Å². The van der Waals surface area contributed by atoms with Gasteiger partial charge in [0, 0.05) is 23.4 Å². The summed E-state index contributed by atoms with van der Waals surface area (Å²) in [5, 5.41) is 7.75. The number of aryl methyl sites for hydroxylation is 1. The number of hydrogen-bond acceptors (Lipinski definition) is 4. The van der Waals surface area contributed by atoms with Gasteiger partial charge < -0.3 is 20.1 Å². The van der Waals surface area contributed by atoms with Gasteiger partial charge in [-0.2, -0.15) is 0 Å². The Morgan fingerprint density at radius 2 is 2.21 bits per heavy atom. The van der Waals surface area contributed by atoms with Crippen LogP contribution in [0.15, 0.2) is 35.7 Å². The van der Waals surface area contributed by atoms with Crippen molar-refractivity contribution in [3.05, 3.63) is 51.7 Å². The van der Waals surface area contributed by atoms with Gasteiger partial charge in [0.15, 0.2) is 0 Å². The molecule has 2 heterocycles. The molecule has 0 aliphatic carbocycles. The minimum Gasteiger partial charge on any atom is -0.488 e. The summed E-state index contributed by atoms with van der Waals surface area (Å²) in [7, 11) is 0. The van der Waals surface area contributed by atoms with E-state index in [-0.39, 0.29) is 12.1 Å². The number of ether oxygens (including phenoxy) is 2. The first-order valence-electron chi connectivity index (χ1n) is 8.09. The molecule has 5 nitrogen and oxygen atoms in total. The molecule has 128 valence electrons. The van der Waals surface area contributed by atoms with Crippen molar-refractivity contribution in [3.8, 4) is 5.75 Å². The van der Waals surface area contributed by atoms with Crippen LogP contribution in [0.5, 0.6) is 5.75 Å². The fraction of sp³-hybridized carbons (Fsp3) is 0.389. The van der Waals surface area contributed by atoms with E-state index in [0.717, 1.165) is 34.8 Å². The molecule has 0 radical (unpaired) electrons. The number of thiophene rings is 1. The van der Waals surface area contributed by atoms with Crippen molar-refractivity contribution in [2.24, 2.45) is 0 Å². The summed E-state index contributed by atoms with van der Waals surface area (Å²) in [6.45, 7) is 4.37. The quantitative estimate of drug-likeness (QED) is 0.844. The average molecular weight is 346 g/mol. The molecule has 1 unspecified atom stereocenters. The van der Waals surface area contributed by atoms with Crippen LogP contribution in [0, 0.1) is 6.92 Å². The summed E-state index contributed by atoms with van der Waals surface area (Å²) in [6, 6.07) is 9.83. The molecule has 0 saturated carbocycles. The first-order chi connectivity index (χ1) is 11.7. The first-order valence-corrected chi connectivity index (χ1v) is 8.96. The number of carbonyl (C=O) groups is 1. The summed E-state index contributed by atoms with van der Waals surface area (Å²) in [4.78, 5) is 13.1. The smallest absolute Gasteiger partial charge is 0.315 e. The van der Waals surface area contributed by atoms with Crippen LogP contribution in [0.3, 0.4) is 0 Å². The Kier molecular flexibility index (Phi) is 5.72. The fourth-order valence-electron chi connectivity index (χ4n) is 2.52. The van der Waals surface area contributed by atoms with Crippen LogP contribution in [0.1, 0.15) is 22.4 Å². The van der Waals surface area contributed by atoms with Gasteiger partial charge in [-0.05, 0) is 30.0 Å². The van der Waals surface area contributed by atoms with Gasteiger partial charge in [0.2, 0.25) is 0 Å². The van der Waals surface area contributed by atoms with Crippen molar-refractivity contribution in [1.82, 2.24) is 10.6 Å². The Bertz CT molecular complexity index is 667. The van der Waals surface area contributed by atoms with Crippen LogP contribution in [-0.2, 0) is 17.8 Å². The van der Waals surface area contributed by atoms with Crippen LogP contribution in [-0.4, -0.2) is 25.3 Å². The van der Waals surface area contributed by atoms with E-state index in [4.69, 9.17) is 9.47 Å². The lowest BCUT2D eigenvalue weighted by molar-refractivity contribution is 0.140. The van der Waals surface area contributed by atoms with Crippen molar-refractivity contribution >= 4 is 17.4 Å². The van der Waals surface area contributed by atoms with Crippen LogP contribution in [0.4, 0.5) is 4.79 Å². The SMILES string of the molecule is Cc1ccc(CNC(=O)NCc2cccs2)c(OC2CCOC2)c1. The third-order valence-electron chi connectivity index (χ3n) is 3.85. The summed E-state index contributed by atoms with van der Waals surface area (Å²) in [5.41, 5.74) is 2.11. The van der Waals surface area contributed by atoms with Crippen LogP contribution in [0.25, 0.3) is 0 Å². The minimum atomic E-state index is -0.181. The number of nitrogens with one attached hydrogen (secondary N) is 2. The zero-order chi connectivity index (χ0) is 16.8. The molecule has 1 aromatic heterocycles. The van der Waals surface area contributed by atoms with Crippen molar-refractivity contribution in [1.29, 1.82) is 0 Å². The highest BCUT2D eigenvalue weighted by Crippen LogP contribution is 2.23. The molecular formula is C18H22N2O3S. The van der Waals surface area contributed by atoms with Crippen LogP contribution >= 0.6 is 11.3 Å². The highest BCUT2D eigenvalue weighted by molar-refractivity contribution is 7.09. The summed E-state index contributed by atoms with van der Waals surface area (Å²) >= 11 is 1.63. The van der Waals surface area contributed by atoms with E-state index in [1.807, 2.05) is 42.6 Å². The van der Waals surface area contributed by atoms with E-state index in [0.29, 0.717) is 19.7 Å². The van der Waals surface area contributed by atoms with Gasteiger partial charge in [0.25, 0.3) is 0 Å². The largest absolute Gasteiger partial charge is 0.488 e. The molecule has 2 aromatic rings. The summed E-state index contributed by atoms with van der Waals surface area (Å²) in [6.07, 6.45) is 1.00.